The minimum absolute atomic E-state index is 0.158. The monoisotopic (exact) mass is 158 g/mol. The van der Waals surface area contributed by atoms with E-state index in [1.54, 1.807) is 6.92 Å². The second-order valence-corrected chi connectivity index (χ2v) is 2.66. The molecule has 11 heavy (non-hydrogen) atoms. The molecule has 0 aliphatic heterocycles. The van der Waals surface area contributed by atoms with E-state index in [9.17, 15) is 9.59 Å². The summed E-state index contributed by atoms with van der Waals surface area (Å²) < 4.78 is 0. The van der Waals surface area contributed by atoms with Crippen LogP contribution in [0.2, 0.25) is 0 Å². The summed E-state index contributed by atoms with van der Waals surface area (Å²) in [7, 11) is 0. The first kappa shape index (κ1) is 9.94. The SMILES string of the molecule is CC(CCCC(N)=O)C(N)=O. The Hall–Kier alpha value is -1.06. The van der Waals surface area contributed by atoms with Crippen molar-refractivity contribution >= 4 is 11.8 Å². The minimum atomic E-state index is -0.332. The van der Waals surface area contributed by atoms with E-state index in [0.29, 0.717) is 19.3 Å². The Bertz CT molecular complexity index is 157. The average molecular weight is 158 g/mol. The Balaban J connectivity index is 3.39. The molecule has 4 N–H and O–H groups in total. The molecular weight excluding hydrogens is 144 g/mol. The zero-order valence-electron chi connectivity index (χ0n) is 6.67. The molecule has 0 aliphatic carbocycles. The van der Waals surface area contributed by atoms with Gasteiger partial charge in [-0.25, -0.2) is 0 Å². The quantitative estimate of drug-likeness (QED) is 0.578. The second kappa shape index (κ2) is 4.71. The first-order valence-corrected chi connectivity index (χ1v) is 3.61. The predicted molar refractivity (Wildman–Crippen MR) is 41.4 cm³/mol. The molecule has 0 saturated carbocycles. The van der Waals surface area contributed by atoms with Crippen molar-refractivity contribution in [1.82, 2.24) is 0 Å². The highest BCUT2D eigenvalue weighted by molar-refractivity contribution is 5.76. The van der Waals surface area contributed by atoms with E-state index < -0.39 is 0 Å². The van der Waals surface area contributed by atoms with Gasteiger partial charge in [0.25, 0.3) is 0 Å². The fourth-order valence-corrected chi connectivity index (χ4v) is 0.725. The Morgan fingerprint density at radius 1 is 1.36 bits per heavy atom. The van der Waals surface area contributed by atoms with Crippen LogP contribution < -0.4 is 11.5 Å². The van der Waals surface area contributed by atoms with Crippen molar-refractivity contribution in [2.75, 3.05) is 0 Å². The summed E-state index contributed by atoms with van der Waals surface area (Å²) in [5.41, 5.74) is 9.90. The molecule has 0 bridgehead atoms. The van der Waals surface area contributed by atoms with Gasteiger partial charge in [-0.05, 0) is 12.8 Å². The Labute approximate surface area is 65.9 Å². The molecule has 0 aromatic heterocycles. The lowest BCUT2D eigenvalue weighted by atomic mass is 10.0. The van der Waals surface area contributed by atoms with Crippen molar-refractivity contribution in [1.29, 1.82) is 0 Å². The van der Waals surface area contributed by atoms with Crippen LogP contribution in [0.15, 0.2) is 0 Å². The fraction of sp³-hybridized carbons (Fsp3) is 0.714. The van der Waals surface area contributed by atoms with Gasteiger partial charge in [0.2, 0.25) is 11.8 Å². The van der Waals surface area contributed by atoms with Gasteiger partial charge in [-0.2, -0.15) is 0 Å². The molecule has 0 fully saturated rings. The lowest BCUT2D eigenvalue weighted by Gasteiger charge is -2.04. The van der Waals surface area contributed by atoms with Gasteiger partial charge in [0.15, 0.2) is 0 Å². The van der Waals surface area contributed by atoms with E-state index in [1.807, 2.05) is 0 Å². The molecular formula is C7H14N2O2. The highest BCUT2D eigenvalue weighted by Gasteiger charge is 2.07. The number of hydrogen-bond donors (Lipinski definition) is 2. The maximum atomic E-state index is 10.5. The molecule has 0 saturated heterocycles. The van der Waals surface area contributed by atoms with Crippen LogP contribution in [0.1, 0.15) is 26.2 Å². The van der Waals surface area contributed by atoms with Gasteiger partial charge in [0.05, 0.1) is 0 Å². The minimum Gasteiger partial charge on any atom is -0.370 e. The third-order valence-electron chi connectivity index (χ3n) is 1.55. The standard InChI is InChI=1S/C7H14N2O2/c1-5(7(9)11)3-2-4-6(8)10/h5H,2-4H2,1H3,(H2,8,10)(H2,9,11). The largest absolute Gasteiger partial charge is 0.370 e. The molecule has 64 valence electrons. The van der Waals surface area contributed by atoms with Gasteiger partial charge >= 0.3 is 0 Å². The van der Waals surface area contributed by atoms with Crippen molar-refractivity contribution in [3.05, 3.63) is 0 Å². The lowest BCUT2D eigenvalue weighted by Crippen LogP contribution is -2.21. The number of carbonyl (C=O) groups is 2. The predicted octanol–water partition coefficient (Wildman–Crippen LogP) is -0.237. The summed E-state index contributed by atoms with van der Waals surface area (Å²) in [5, 5.41) is 0. The summed E-state index contributed by atoms with van der Waals surface area (Å²) in [6, 6.07) is 0. The maximum Gasteiger partial charge on any atom is 0.220 e. The van der Waals surface area contributed by atoms with Crippen molar-refractivity contribution in [3.63, 3.8) is 0 Å². The Morgan fingerprint density at radius 2 is 1.91 bits per heavy atom. The van der Waals surface area contributed by atoms with E-state index in [4.69, 9.17) is 11.5 Å². The average Bonchev–Trinajstić information content (AvgIpc) is 1.86. The van der Waals surface area contributed by atoms with E-state index in [0.717, 1.165) is 0 Å². The molecule has 0 aliphatic rings. The number of carbonyl (C=O) groups excluding carboxylic acids is 2. The van der Waals surface area contributed by atoms with Gasteiger partial charge in [0.1, 0.15) is 0 Å². The number of amides is 2. The highest BCUT2D eigenvalue weighted by atomic mass is 16.1. The van der Waals surface area contributed by atoms with Gasteiger partial charge in [-0.15, -0.1) is 0 Å². The Morgan fingerprint density at radius 3 is 2.27 bits per heavy atom. The molecule has 0 spiro atoms. The van der Waals surface area contributed by atoms with Crippen LogP contribution in [0, 0.1) is 5.92 Å². The number of nitrogens with two attached hydrogens (primary N) is 2. The summed E-state index contributed by atoms with van der Waals surface area (Å²) in [5.74, 6) is -0.814. The summed E-state index contributed by atoms with van der Waals surface area (Å²) in [6.07, 6.45) is 1.61. The van der Waals surface area contributed by atoms with E-state index in [1.165, 1.54) is 0 Å². The van der Waals surface area contributed by atoms with E-state index in [-0.39, 0.29) is 17.7 Å². The van der Waals surface area contributed by atoms with E-state index >= 15 is 0 Å². The number of primary amides is 2. The van der Waals surface area contributed by atoms with Gasteiger partial charge < -0.3 is 11.5 Å². The molecule has 1 atom stereocenters. The summed E-state index contributed by atoms with van der Waals surface area (Å²) in [4.78, 5) is 20.7. The van der Waals surface area contributed by atoms with E-state index in [2.05, 4.69) is 0 Å². The van der Waals surface area contributed by atoms with Crippen LogP contribution in [0.25, 0.3) is 0 Å². The third-order valence-corrected chi connectivity index (χ3v) is 1.55. The second-order valence-electron chi connectivity index (χ2n) is 2.66. The van der Waals surface area contributed by atoms with Crippen LogP contribution in [0.3, 0.4) is 0 Å². The first-order chi connectivity index (χ1) is 5.04. The van der Waals surface area contributed by atoms with Crippen LogP contribution in [0.5, 0.6) is 0 Å². The van der Waals surface area contributed by atoms with Crippen LogP contribution in [0.4, 0.5) is 0 Å². The normalized spacial score (nSPS) is 12.5. The summed E-state index contributed by atoms with van der Waals surface area (Å²) in [6.45, 7) is 1.74. The van der Waals surface area contributed by atoms with Crippen LogP contribution >= 0.6 is 0 Å². The van der Waals surface area contributed by atoms with Gasteiger partial charge in [0, 0.05) is 12.3 Å². The van der Waals surface area contributed by atoms with Crippen molar-refractivity contribution in [2.45, 2.75) is 26.2 Å². The fourth-order valence-electron chi connectivity index (χ4n) is 0.725. The number of rotatable bonds is 5. The van der Waals surface area contributed by atoms with Crippen molar-refractivity contribution in [2.24, 2.45) is 17.4 Å². The van der Waals surface area contributed by atoms with Crippen LogP contribution in [-0.2, 0) is 9.59 Å². The molecule has 0 heterocycles. The molecule has 0 aromatic rings. The zero-order chi connectivity index (χ0) is 8.85. The summed E-state index contributed by atoms with van der Waals surface area (Å²) >= 11 is 0. The van der Waals surface area contributed by atoms with Crippen molar-refractivity contribution in [3.8, 4) is 0 Å². The maximum absolute atomic E-state index is 10.5. The molecule has 4 heteroatoms. The van der Waals surface area contributed by atoms with Crippen molar-refractivity contribution < 1.29 is 9.59 Å². The number of hydrogen-bond acceptors (Lipinski definition) is 2. The Kier molecular flexibility index (Phi) is 4.26. The highest BCUT2D eigenvalue weighted by Crippen LogP contribution is 2.05. The zero-order valence-corrected chi connectivity index (χ0v) is 6.67. The van der Waals surface area contributed by atoms with Gasteiger partial charge in [-0.1, -0.05) is 6.92 Å². The first-order valence-electron chi connectivity index (χ1n) is 3.61. The topological polar surface area (TPSA) is 86.2 Å². The molecule has 2 amide bonds. The molecule has 0 aromatic carbocycles. The molecule has 0 radical (unpaired) electrons. The molecule has 1 unspecified atom stereocenters. The van der Waals surface area contributed by atoms with Gasteiger partial charge in [-0.3, -0.25) is 9.59 Å². The molecule has 4 nitrogen and oxygen atoms in total. The lowest BCUT2D eigenvalue weighted by molar-refractivity contribution is -0.122. The third kappa shape index (κ3) is 5.39. The van der Waals surface area contributed by atoms with Crippen LogP contribution in [-0.4, -0.2) is 11.8 Å². The smallest absolute Gasteiger partial charge is 0.220 e. The molecule has 0 rings (SSSR count).